The first-order chi connectivity index (χ1) is 17.8. The number of aromatic nitrogens is 3. The molecule has 4 saturated carbocycles. The van der Waals surface area contributed by atoms with Crippen molar-refractivity contribution < 1.29 is 9.59 Å². The molecular formula is C31H42N4O2. The molecule has 1 heterocycles. The second-order valence-corrected chi connectivity index (χ2v) is 13.3. The third kappa shape index (κ3) is 4.24. The Morgan fingerprint density at radius 2 is 1.73 bits per heavy atom. The van der Waals surface area contributed by atoms with Gasteiger partial charge in [-0.1, -0.05) is 45.4 Å². The van der Waals surface area contributed by atoms with Crippen LogP contribution in [0.25, 0.3) is 0 Å². The van der Waals surface area contributed by atoms with Crippen molar-refractivity contribution in [2.75, 3.05) is 5.32 Å². The summed E-state index contributed by atoms with van der Waals surface area (Å²) in [7, 11) is 0. The maximum Gasteiger partial charge on any atom is 0.277 e. The Bertz CT molecular complexity index is 1160. The van der Waals surface area contributed by atoms with E-state index in [1.807, 2.05) is 30.3 Å². The second-order valence-electron chi connectivity index (χ2n) is 13.3. The van der Waals surface area contributed by atoms with Crippen LogP contribution in [-0.4, -0.2) is 26.7 Å². The number of carbonyl (C=O) groups is 2. The van der Waals surface area contributed by atoms with E-state index in [2.05, 4.69) is 36.3 Å². The Balaban J connectivity index is 1.12. The number of nitrogens with zero attached hydrogens (tertiary/aromatic N) is 3. The SMILES string of the molecule is CC1CCC2(C)C(CCC3C2CCC2(C)C3CC[C@@H]2C(=O)Cn2ncc(C(=O)Nc3ccccc3)n2)C1. The molecule has 4 aliphatic carbocycles. The molecular weight excluding hydrogens is 460 g/mol. The van der Waals surface area contributed by atoms with E-state index in [1.54, 1.807) is 0 Å². The molecule has 1 aromatic carbocycles. The molecule has 6 nitrogen and oxygen atoms in total. The highest BCUT2D eigenvalue weighted by atomic mass is 16.2. The van der Waals surface area contributed by atoms with E-state index in [0.29, 0.717) is 17.0 Å². The van der Waals surface area contributed by atoms with Gasteiger partial charge >= 0.3 is 0 Å². The summed E-state index contributed by atoms with van der Waals surface area (Å²) in [5.41, 5.74) is 1.54. The summed E-state index contributed by atoms with van der Waals surface area (Å²) >= 11 is 0. The van der Waals surface area contributed by atoms with E-state index in [-0.39, 0.29) is 35.3 Å². The largest absolute Gasteiger partial charge is 0.321 e. The molecule has 0 radical (unpaired) electrons. The molecule has 2 aromatic rings. The predicted molar refractivity (Wildman–Crippen MR) is 144 cm³/mol. The van der Waals surface area contributed by atoms with Crippen molar-refractivity contribution in [1.82, 2.24) is 15.0 Å². The third-order valence-electron chi connectivity index (χ3n) is 11.4. The fourth-order valence-electron chi connectivity index (χ4n) is 9.45. The molecule has 37 heavy (non-hydrogen) atoms. The van der Waals surface area contributed by atoms with E-state index in [1.165, 1.54) is 62.4 Å². The van der Waals surface area contributed by atoms with Crippen LogP contribution in [0.2, 0.25) is 0 Å². The first-order valence-corrected chi connectivity index (χ1v) is 14.6. The van der Waals surface area contributed by atoms with Gasteiger partial charge in [-0.3, -0.25) is 9.59 Å². The molecule has 1 amide bonds. The maximum atomic E-state index is 13.6. The lowest BCUT2D eigenvalue weighted by Crippen LogP contribution is -2.53. The summed E-state index contributed by atoms with van der Waals surface area (Å²) < 4.78 is 0. The van der Waals surface area contributed by atoms with Gasteiger partial charge in [0, 0.05) is 11.6 Å². The maximum absolute atomic E-state index is 13.6. The number of hydrogen-bond acceptors (Lipinski definition) is 4. The Morgan fingerprint density at radius 3 is 2.54 bits per heavy atom. The monoisotopic (exact) mass is 502 g/mol. The topological polar surface area (TPSA) is 76.9 Å². The number of fused-ring (bicyclic) bond motifs is 5. The van der Waals surface area contributed by atoms with Gasteiger partial charge in [0.1, 0.15) is 6.54 Å². The smallest absolute Gasteiger partial charge is 0.277 e. The van der Waals surface area contributed by atoms with Crippen LogP contribution in [0.1, 0.15) is 89.0 Å². The zero-order valence-electron chi connectivity index (χ0n) is 22.7. The summed E-state index contributed by atoms with van der Waals surface area (Å²) in [6, 6.07) is 9.31. The molecule has 8 atom stereocenters. The molecule has 0 saturated heterocycles. The number of Topliss-reactive ketones (excluding diaryl/α,β-unsaturated/α-hetero) is 1. The lowest BCUT2D eigenvalue weighted by Gasteiger charge is -2.61. The summed E-state index contributed by atoms with van der Waals surface area (Å²) in [5.74, 6) is 4.07. The van der Waals surface area contributed by atoms with E-state index >= 15 is 0 Å². The zero-order chi connectivity index (χ0) is 25.8. The minimum atomic E-state index is -0.308. The van der Waals surface area contributed by atoms with E-state index < -0.39 is 0 Å². The van der Waals surface area contributed by atoms with E-state index in [0.717, 1.165) is 30.1 Å². The fraction of sp³-hybridized carbons (Fsp3) is 0.677. The Kier molecular flexibility index (Phi) is 6.27. The van der Waals surface area contributed by atoms with Gasteiger partial charge in [0.05, 0.1) is 6.20 Å². The summed E-state index contributed by atoms with van der Waals surface area (Å²) in [5, 5.41) is 11.4. The number of carbonyl (C=O) groups excluding carboxylic acids is 2. The van der Waals surface area contributed by atoms with Gasteiger partial charge in [-0.25, -0.2) is 0 Å². The molecule has 1 aromatic heterocycles. The van der Waals surface area contributed by atoms with E-state index in [4.69, 9.17) is 0 Å². The lowest BCUT2D eigenvalue weighted by atomic mass is 9.44. The van der Waals surface area contributed by atoms with Crippen molar-refractivity contribution in [1.29, 1.82) is 0 Å². The summed E-state index contributed by atoms with van der Waals surface area (Å²) in [6.45, 7) is 7.63. The highest BCUT2D eigenvalue weighted by Gasteiger charge is 2.60. The molecule has 0 bridgehead atoms. The minimum Gasteiger partial charge on any atom is -0.321 e. The summed E-state index contributed by atoms with van der Waals surface area (Å²) in [6.07, 6.45) is 13.0. The average Bonchev–Trinajstić information content (AvgIpc) is 3.49. The molecule has 0 aliphatic heterocycles. The van der Waals surface area contributed by atoms with Crippen molar-refractivity contribution in [2.24, 2.45) is 46.3 Å². The summed E-state index contributed by atoms with van der Waals surface area (Å²) in [4.78, 5) is 27.6. The Morgan fingerprint density at radius 1 is 0.973 bits per heavy atom. The van der Waals surface area contributed by atoms with Gasteiger partial charge in [-0.2, -0.15) is 9.90 Å². The molecule has 7 unspecified atom stereocenters. The molecule has 6 rings (SSSR count). The van der Waals surface area contributed by atoms with Crippen LogP contribution in [0.15, 0.2) is 36.5 Å². The first-order valence-electron chi connectivity index (χ1n) is 14.6. The third-order valence-corrected chi connectivity index (χ3v) is 11.4. The van der Waals surface area contributed by atoms with Crippen molar-refractivity contribution in [3.8, 4) is 0 Å². The first kappa shape index (κ1) is 24.8. The van der Waals surface area contributed by atoms with Gasteiger partial charge in [0.25, 0.3) is 5.91 Å². The van der Waals surface area contributed by atoms with Crippen LogP contribution in [0.3, 0.4) is 0 Å². The molecule has 198 valence electrons. The minimum absolute atomic E-state index is 0.0722. The number of anilines is 1. The number of para-hydroxylation sites is 1. The number of nitrogens with one attached hydrogen (secondary N) is 1. The normalized spacial score (nSPS) is 38.8. The second kappa shape index (κ2) is 9.36. The molecule has 4 aliphatic rings. The van der Waals surface area contributed by atoms with Crippen molar-refractivity contribution in [3.63, 3.8) is 0 Å². The van der Waals surface area contributed by atoms with Gasteiger partial charge < -0.3 is 5.32 Å². The zero-order valence-corrected chi connectivity index (χ0v) is 22.7. The number of hydrogen-bond donors (Lipinski definition) is 1. The molecule has 1 N–H and O–H groups in total. The Labute approximate surface area is 221 Å². The van der Waals surface area contributed by atoms with E-state index in [9.17, 15) is 9.59 Å². The van der Waals surface area contributed by atoms with Crippen LogP contribution < -0.4 is 5.32 Å². The number of amides is 1. The van der Waals surface area contributed by atoms with Crippen LogP contribution in [0.4, 0.5) is 5.69 Å². The lowest BCUT2D eigenvalue weighted by molar-refractivity contribution is -0.137. The van der Waals surface area contributed by atoms with Gasteiger partial charge in [0.2, 0.25) is 0 Å². The van der Waals surface area contributed by atoms with Crippen LogP contribution >= 0.6 is 0 Å². The van der Waals surface area contributed by atoms with Gasteiger partial charge in [0.15, 0.2) is 11.5 Å². The number of benzene rings is 1. The molecule has 6 heteroatoms. The van der Waals surface area contributed by atoms with Crippen molar-refractivity contribution >= 4 is 17.4 Å². The standard InChI is InChI=1S/C31H42N4O2/c1-20-13-15-30(2)21(17-20)9-10-23-24-11-12-26(31(24,3)16-14-25(23)30)28(36)19-35-32-18-27(34-35)29(37)33-22-7-5-4-6-8-22/h4-8,18,20-21,23-26H,9-17,19H2,1-3H3,(H,33,37)/t20?,21?,23?,24?,25?,26-,30?,31?/m1/s1. The quantitative estimate of drug-likeness (QED) is 0.514. The Hall–Kier alpha value is -2.50. The predicted octanol–water partition coefficient (Wildman–Crippen LogP) is 6.39. The number of ketones is 1. The average molecular weight is 503 g/mol. The molecule has 0 spiro atoms. The van der Waals surface area contributed by atoms with Crippen LogP contribution in [-0.2, 0) is 11.3 Å². The van der Waals surface area contributed by atoms with Crippen LogP contribution in [0.5, 0.6) is 0 Å². The fourth-order valence-corrected chi connectivity index (χ4v) is 9.45. The molecule has 4 fully saturated rings. The van der Waals surface area contributed by atoms with Gasteiger partial charge in [-0.15, -0.1) is 5.10 Å². The van der Waals surface area contributed by atoms with Crippen molar-refractivity contribution in [2.45, 2.75) is 85.1 Å². The highest BCUT2D eigenvalue weighted by Crippen LogP contribution is 2.67. The number of rotatable bonds is 5. The van der Waals surface area contributed by atoms with Gasteiger partial charge in [-0.05, 0) is 104 Å². The van der Waals surface area contributed by atoms with Crippen LogP contribution in [0, 0.1) is 46.3 Å². The van der Waals surface area contributed by atoms with Crippen molar-refractivity contribution in [3.05, 3.63) is 42.2 Å². The highest BCUT2D eigenvalue weighted by molar-refractivity contribution is 6.02.